The van der Waals surface area contributed by atoms with E-state index in [0.29, 0.717) is 24.8 Å². The van der Waals surface area contributed by atoms with Gasteiger partial charge in [-0.2, -0.15) is 5.10 Å². The summed E-state index contributed by atoms with van der Waals surface area (Å²) in [4.78, 5) is 6.84. The molecule has 1 atom stereocenters. The fraction of sp³-hybridized carbons (Fsp3) is 0.857. The van der Waals surface area contributed by atoms with E-state index in [-0.39, 0.29) is 17.2 Å². The van der Waals surface area contributed by atoms with E-state index in [1.807, 2.05) is 0 Å². The average Bonchev–Trinajstić information content (AvgIpc) is 3.09. The van der Waals surface area contributed by atoms with Gasteiger partial charge in [0, 0.05) is 18.0 Å². The highest BCUT2D eigenvalue weighted by atomic mass is 32.2. The van der Waals surface area contributed by atoms with E-state index < -0.39 is 9.84 Å². The number of nitrogens with zero attached hydrogens (tertiary/aromatic N) is 3. The van der Waals surface area contributed by atoms with E-state index in [4.69, 9.17) is 0 Å². The summed E-state index contributed by atoms with van der Waals surface area (Å²) in [6.07, 6.45) is 2.31. The van der Waals surface area contributed by atoms with Gasteiger partial charge in [-0.15, -0.1) is 0 Å². The normalized spacial score (nSPS) is 26.9. The Morgan fingerprint density at radius 2 is 2.05 bits per heavy atom. The predicted molar refractivity (Wildman–Crippen MR) is 80.7 cm³/mol. The first-order valence-electron chi connectivity index (χ1n) is 7.61. The van der Waals surface area contributed by atoms with Crippen LogP contribution in [-0.2, 0) is 21.8 Å². The highest BCUT2D eigenvalue weighted by molar-refractivity contribution is 7.91. The Kier molecular flexibility index (Phi) is 3.60. The van der Waals surface area contributed by atoms with Crippen LogP contribution in [0.25, 0.3) is 0 Å². The molecule has 1 aromatic heterocycles. The highest BCUT2D eigenvalue weighted by Gasteiger charge is 2.41. The van der Waals surface area contributed by atoms with E-state index >= 15 is 0 Å². The van der Waals surface area contributed by atoms with E-state index in [2.05, 4.69) is 40.9 Å². The fourth-order valence-corrected chi connectivity index (χ4v) is 4.56. The van der Waals surface area contributed by atoms with Gasteiger partial charge in [0.1, 0.15) is 5.82 Å². The van der Waals surface area contributed by atoms with Crippen LogP contribution in [-0.4, -0.2) is 52.6 Å². The lowest BCUT2D eigenvalue weighted by Gasteiger charge is -2.34. The molecule has 0 bridgehead atoms. The first-order valence-corrected chi connectivity index (χ1v) is 9.43. The second kappa shape index (κ2) is 5.05. The summed E-state index contributed by atoms with van der Waals surface area (Å²) in [5.74, 6) is 2.76. The maximum absolute atomic E-state index is 11.9. The molecule has 6 nitrogen and oxygen atoms in total. The molecule has 0 unspecified atom stereocenters. The van der Waals surface area contributed by atoms with Gasteiger partial charge in [-0.05, 0) is 18.8 Å². The molecular formula is C14H24N4O2S. The van der Waals surface area contributed by atoms with Crippen LogP contribution in [0.15, 0.2) is 0 Å². The summed E-state index contributed by atoms with van der Waals surface area (Å²) in [6.45, 7) is 7.52. The van der Waals surface area contributed by atoms with Crippen molar-refractivity contribution in [2.24, 2.45) is 5.92 Å². The maximum atomic E-state index is 11.9. The molecule has 7 heteroatoms. The second-order valence-corrected chi connectivity index (χ2v) is 9.57. The zero-order chi connectivity index (χ0) is 15.3. The van der Waals surface area contributed by atoms with Crippen LogP contribution in [0.4, 0.5) is 0 Å². The van der Waals surface area contributed by atoms with E-state index in [1.54, 1.807) is 0 Å². The van der Waals surface area contributed by atoms with Gasteiger partial charge in [-0.25, -0.2) is 13.4 Å². The van der Waals surface area contributed by atoms with Crippen LogP contribution < -0.4 is 0 Å². The van der Waals surface area contributed by atoms with Crippen LogP contribution in [0.3, 0.4) is 0 Å². The molecule has 1 aromatic rings. The number of hydrogen-bond acceptors (Lipinski definition) is 5. The van der Waals surface area contributed by atoms with E-state index in [9.17, 15) is 8.42 Å². The molecule has 0 aromatic carbocycles. The van der Waals surface area contributed by atoms with E-state index in [1.165, 1.54) is 0 Å². The molecule has 1 saturated carbocycles. The largest absolute Gasteiger partial charge is 0.291 e. The van der Waals surface area contributed by atoms with Gasteiger partial charge >= 0.3 is 0 Å². The summed E-state index contributed by atoms with van der Waals surface area (Å²) < 4.78 is 23.7. The number of nitrogens with one attached hydrogen (secondary N) is 1. The zero-order valence-corrected chi connectivity index (χ0v) is 13.8. The van der Waals surface area contributed by atoms with Crippen molar-refractivity contribution in [3.63, 3.8) is 0 Å². The van der Waals surface area contributed by atoms with E-state index in [0.717, 1.165) is 24.5 Å². The minimum absolute atomic E-state index is 0.0735. The van der Waals surface area contributed by atoms with Crippen molar-refractivity contribution in [1.82, 2.24) is 20.1 Å². The molecule has 2 heterocycles. The predicted octanol–water partition coefficient (Wildman–Crippen LogP) is 1.11. The minimum atomic E-state index is -2.87. The van der Waals surface area contributed by atoms with Crippen LogP contribution >= 0.6 is 0 Å². The first-order chi connectivity index (χ1) is 9.74. The van der Waals surface area contributed by atoms with Gasteiger partial charge < -0.3 is 0 Å². The third-order valence-electron chi connectivity index (χ3n) is 4.30. The summed E-state index contributed by atoms with van der Waals surface area (Å²) in [5, 5.41) is 7.29. The first kappa shape index (κ1) is 15.0. The second-order valence-electron chi connectivity index (χ2n) is 7.35. The Balaban J connectivity index is 1.73. The van der Waals surface area contributed by atoms with Gasteiger partial charge in [-0.1, -0.05) is 20.8 Å². The number of aromatic nitrogens is 3. The molecule has 1 N–H and O–H groups in total. The van der Waals surface area contributed by atoms with Gasteiger partial charge in [0.15, 0.2) is 15.7 Å². The average molecular weight is 312 g/mol. The standard InChI is InChI=1S/C14H24N4O2S/c1-14(2,3)13-15-12(16-17-13)8-18-6-7-21(19,20)9-11(18)10-4-5-10/h10-11H,4-9H2,1-3H3,(H,15,16,17)/t11-/m1/s1. The van der Waals surface area contributed by atoms with Gasteiger partial charge in [0.25, 0.3) is 0 Å². The van der Waals surface area contributed by atoms with Crippen LogP contribution in [0.2, 0.25) is 0 Å². The molecule has 3 rings (SSSR count). The SMILES string of the molecule is CC(C)(C)c1n[nH]c(CN2CCS(=O)(=O)C[C@@H]2C2CC2)n1. The Bertz CT molecular complexity index is 613. The molecule has 0 amide bonds. The van der Waals surface area contributed by atoms with Crippen molar-refractivity contribution in [2.45, 2.75) is 51.6 Å². The van der Waals surface area contributed by atoms with Gasteiger partial charge in [0.2, 0.25) is 0 Å². The number of aromatic amines is 1. The van der Waals surface area contributed by atoms with Crippen LogP contribution in [0, 0.1) is 5.92 Å². The number of hydrogen-bond donors (Lipinski definition) is 1. The smallest absolute Gasteiger partial charge is 0.156 e. The quantitative estimate of drug-likeness (QED) is 0.904. The van der Waals surface area contributed by atoms with Crippen molar-refractivity contribution in [1.29, 1.82) is 0 Å². The monoisotopic (exact) mass is 312 g/mol. The van der Waals surface area contributed by atoms with Crippen molar-refractivity contribution >= 4 is 9.84 Å². The van der Waals surface area contributed by atoms with Crippen molar-refractivity contribution in [3.8, 4) is 0 Å². The molecule has 118 valence electrons. The number of sulfone groups is 1. The molecule has 1 aliphatic heterocycles. The Labute approximate surface area is 126 Å². The van der Waals surface area contributed by atoms with Gasteiger partial charge in [-0.3, -0.25) is 10.00 Å². The van der Waals surface area contributed by atoms with Crippen molar-refractivity contribution in [3.05, 3.63) is 11.6 Å². The topological polar surface area (TPSA) is 79.0 Å². The summed E-state index contributed by atoms with van der Waals surface area (Å²) >= 11 is 0. The zero-order valence-electron chi connectivity index (χ0n) is 13.0. The minimum Gasteiger partial charge on any atom is -0.291 e. The van der Waals surface area contributed by atoms with Crippen molar-refractivity contribution in [2.75, 3.05) is 18.1 Å². The van der Waals surface area contributed by atoms with Gasteiger partial charge in [0.05, 0.1) is 18.1 Å². The Morgan fingerprint density at radius 1 is 1.33 bits per heavy atom. The molecule has 2 aliphatic rings. The summed E-state index contributed by atoms with van der Waals surface area (Å²) in [6, 6.07) is 0.159. The molecule has 2 fully saturated rings. The molecule has 21 heavy (non-hydrogen) atoms. The number of H-pyrrole nitrogens is 1. The maximum Gasteiger partial charge on any atom is 0.156 e. The molecule has 1 saturated heterocycles. The van der Waals surface area contributed by atoms with Crippen LogP contribution in [0.5, 0.6) is 0 Å². The Morgan fingerprint density at radius 3 is 2.62 bits per heavy atom. The molecule has 0 spiro atoms. The lowest BCUT2D eigenvalue weighted by atomic mass is 9.96. The molecule has 1 aliphatic carbocycles. The molecule has 0 radical (unpaired) electrons. The third kappa shape index (κ3) is 3.45. The van der Waals surface area contributed by atoms with Crippen molar-refractivity contribution < 1.29 is 8.42 Å². The number of rotatable bonds is 3. The fourth-order valence-electron chi connectivity index (χ4n) is 2.88. The third-order valence-corrected chi connectivity index (χ3v) is 5.96. The van der Waals surface area contributed by atoms with Crippen LogP contribution in [0.1, 0.15) is 45.3 Å². The summed E-state index contributed by atoms with van der Waals surface area (Å²) in [7, 11) is -2.87. The summed E-state index contributed by atoms with van der Waals surface area (Å²) in [5.41, 5.74) is -0.0735. The lowest BCUT2D eigenvalue weighted by Crippen LogP contribution is -2.49. The lowest BCUT2D eigenvalue weighted by molar-refractivity contribution is 0.180. The molecular weight excluding hydrogens is 288 g/mol. The highest BCUT2D eigenvalue weighted by Crippen LogP contribution is 2.37. The Hall–Kier alpha value is -0.950.